The summed E-state index contributed by atoms with van der Waals surface area (Å²) in [6.07, 6.45) is 3.96. The third kappa shape index (κ3) is 2.24. The Bertz CT molecular complexity index is 641. The molecule has 4 nitrogen and oxygen atoms in total. The zero-order valence-electron chi connectivity index (χ0n) is 11.6. The van der Waals surface area contributed by atoms with Crippen molar-refractivity contribution < 1.29 is 9.47 Å². The maximum Gasteiger partial charge on any atom is 0.161 e. The highest BCUT2D eigenvalue weighted by molar-refractivity contribution is 6.19. The first-order valence-electron chi connectivity index (χ1n) is 6.56. The second kappa shape index (κ2) is 5.02. The van der Waals surface area contributed by atoms with Gasteiger partial charge in [0.1, 0.15) is 5.82 Å². The number of hydrogen-bond acceptors (Lipinski definition) is 4. The highest BCUT2D eigenvalue weighted by Gasteiger charge is 2.42. The second-order valence-corrected chi connectivity index (χ2v) is 5.39. The van der Waals surface area contributed by atoms with Crippen LogP contribution in [0.1, 0.15) is 12.8 Å². The molecule has 0 bridgehead atoms. The number of methoxy groups -OCH3 is 2. The summed E-state index contributed by atoms with van der Waals surface area (Å²) in [6, 6.07) is 5.87. The van der Waals surface area contributed by atoms with Crippen LogP contribution in [-0.2, 0) is 0 Å². The number of fused-ring (bicyclic) bond motifs is 1. The van der Waals surface area contributed by atoms with Crippen LogP contribution >= 0.6 is 11.6 Å². The summed E-state index contributed by atoms with van der Waals surface area (Å²) in [7, 11) is 3.27. The predicted molar refractivity (Wildman–Crippen MR) is 81.2 cm³/mol. The molecule has 1 N–H and O–H groups in total. The van der Waals surface area contributed by atoms with E-state index in [1.54, 1.807) is 20.4 Å². The third-order valence-electron chi connectivity index (χ3n) is 3.76. The number of pyridine rings is 1. The molecule has 1 aromatic heterocycles. The molecule has 106 valence electrons. The van der Waals surface area contributed by atoms with Crippen molar-refractivity contribution in [3.8, 4) is 11.5 Å². The number of halogens is 1. The average Bonchev–Trinajstić information content (AvgIpc) is 3.26. The summed E-state index contributed by atoms with van der Waals surface area (Å²) < 4.78 is 10.7. The molecule has 0 atom stereocenters. The number of nitrogens with zero attached hydrogens (tertiary/aromatic N) is 1. The lowest BCUT2D eigenvalue weighted by Crippen LogP contribution is -2.23. The highest BCUT2D eigenvalue weighted by atomic mass is 35.5. The van der Waals surface area contributed by atoms with Crippen molar-refractivity contribution in [2.75, 3.05) is 25.4 Å². The number of nitrogens with one attached hydrogen (secondary N) is 1. The van der Waals surface area contributed by atoms with E-state index >= 15 is 0 Å². The van der Waals surface area contributed by atoms with E-state index in [2.05, 4.69) is 10.3 Å². The molecular formula is C15H17ClN2O2. The van der Waals surface area contributed by atoms with E-state index in [-0.39, 0.29) is 5.54 Å². The van der Waals surface area contributed by atoms with Gasteiger partial charge in [0.25, 0.3) is 0 Å². The largest absolute Gasteiger partial charge is 0.493 e. The van der Waals surface area contributed by atoms with Crippen molar-refractivity contribution in [1.29, 1.82) is 0 Å². The standard InChI is InChI=1S/C15H17ClN2O2/c1-19-12-7-10-3-6-17-14(11(10)8-13(12)20-2)18-15(9-16)4-5-15/h3,6-8H,4-5,9H2,1-2H3,(H,17,18). The van der Waals surface area contributed by atoms with Crippen molar-refractivity contribution in [1.82, 2.24) is 4.98 Å². The van der Waals surface area contributed by atoms with E-state index < -0.39 is 0 Å². The fraction of sp³-hybridized carbons (Fsp3) is 0.400. The number of rotatable bonds is 5. The van der Waals surface area contributed by atoms with Gasteiger partial charge in [0.2, 0.25) is 0 Å². The van der Waals surface area contributed by atoms with Gasteiger partial charge >= 0.3 is 0 Å². The van der Waals surface area contributed by atoms with Crippen molar-refractivity contribution in [3.05, 3.63) is 24.4 Å². The molecule has 0 amide bonds. The lowest BCUT2D eigenvalue weighted by Gasteiger charge is -2.17. The van der Waals surface area contributed by atoms with Crippen LogP contribution in [0.25, 0.3) is 10.8 Å². The Morgan fingerprint density at radius 1 is 1.25 bits per heavy atom. The van der Waals surface area contributed by atoms with E-state index in [0.29, 0.717) is 11.6 Å². The highest BCUT2D eigenvalue weighted by Crippen LogP contribution is 2.42. The number of alkyl halides is 1. The van der Waals surface area contributed by atoms with Crippen molar-refractivity contribution in [3.63, 3.8) is 0 Å². The van der Waals surface area contributed by atoms with Crippen LogP contribution in [-0.4, -0.2) is 30.6 Å². The first kappa shape index (κ1) is 13.3. The van der Waals surface area contributed by atoms with Gasteiger partial charge in [-0.1, -0.05) is 0 Å². The van der Waals surface area contributed by atoms with Crippen LogP contribution in [0.4, 0.5) is 5.82 Å². The lowest BCUT2D eigenvalue weighted by atomic mass is 10.1. The zero-order chi connectivity index (χ0) is 14.2. The molecule has 1 aliphatic carbocycles. The molecule has 3 rings (SSSR count). The minimum absolute atomic E-state index is 0.00992. The fourth-order valence-electron chi connectivity index (χ4n) is 2.29. The van der Waals surface area contributed by atoms with Gasteiger partial charge in [-0.2, -0.15) is 0 Å². The van der Waals surface area contributed by atoms with Crippen LogP contribution in [0.15, 0.2) is 24.4 Å². The van der Waals surface area contributed by atoms with E-state index in [4.69, 9.17) is 21.1 Å². The number of aromatic nitrogens is 1. The monoisotopic (exact) mass is 292 g/mol. The third-order valence-corrected chi connectivity index (χ3v) is 4.27. The molecule has 0 saturated heterocycles. The van der Waals surface area contributed by atoms with E-state index in [1.165, 1.54) is 0 Å². The number of ether oxygens (including phenoxy) is 2. The van der Waals surface area contributed by atoms with Gasteiger partial charge in [-0.15, -0.1) is 11.6 Å². The second-order valence-electron chi connectivity index (χ2n) is 5.13. The quantitative estimate of drug-likeness (QED) is 0.858. The lowest BCUT2D eigenvalue weighted by molar-refractivity contribution is 0.356. The maximum absolute atomic E-state index is 6.03. The Balaban J connectivity index is 2.08. The topological polar surface area (TPSA) is 43.4 Å². The zero-order valence-corrected chi connectivity index (χ0v) is 12.3. The Hall–Kier alpha value is -1.68. The van der Waals surface area contributed by atoms with Gasteiger partial charge in [0.05, 0.1) is 19.8 Å². The molecule has 0 radical (unpaired) electrons. The summed E-state index contributed by atoms with van der Waals surface area (Å²) in [5.74, 6) is 2.86. The van der Waals surface area contributed by atoms with E-state index in [1.807, 2.05) is 18.2 Å². The number of benzene rings is 1. The predicted octanol–water partition coefficient (Wildman–Crippen LogP) is 3.44. The van der Waals surface area contributed by atoms with E-state index in [9.17, 15) is 0 Å². The number of anilines is 1. The first-order valence-corrected chi connectivity index (χ1v) is 7.10. The van der Waals surface area contributed by atoms with Crippen LogP contribution in [0.5, 0.6) is 11.5 Å². The Morgan fingerprint density at radius 3 is 2.55 bits per heavy atom. The Labute approximate surface area is 123 Å². The molecular weight excluding hydrogens is 276 g/mol. The van der Waals surface area contributed by atoms with Gasteiger partial charge in [-0.3, -0.25) is 0 Å². The van der Waals surface area contributed by atoms with Gasteiger partial charge in [0, 0.05) is 17.5 Å². The molecule has 0 aliphatic heterocycles. The van der Waals surface area contributed by atoms with E-state index in [0.717, 1.165) is 35.2 Å². The van der Waals surface area contributed by atoms with Gasteiger partial charge in [0.15, 0.2) is 11.5 Å². The van der Waals surface area contributed by atoms with Gasteiger partial charge < -0.3 is 14.8 Å². The van der Waals surface area contributed by atoms with Crippen molar-refractivity contribution in [2.45, 2.75) is 18.4 Å². The molecule has 0 spiro atoms. The van der Waals surface area contributed by atoms with Crippen molar-refractivity contribution >= 4 is 28.2 Å². The summed E-state index contributed by atoms with van der Waals surface area (Å²) in [6.45, 7) is 0. The Kier molecular flexibility index (Phi) is 3.34. The smallest absolute Gasteiger partial charge is 0.161 e. The van der Waals surface area contributed by atoms with Gasteiger partial charge in [-0.05, 0) is 36.4 Å². The fourth-order valence-corrected chi connectivity index (χ4v) is 2.63. The Morgan fingerprint density at radius 2 is 1.95 bits per heavy atom. The molecule has 2 aromatic rings. The molecule has 1 fully saturated rings. The summed E-state index contributed by atoms with van der Waals surface area (Å²) in [4.78, 5) is 4.44. The molecule has 1 saturated carbocycles. The van der Waals surface area contributed by atoms with Crippen molar-refractivity contribution in [2.24, 2.45) is 0 Å². The van der Waals surface area contributed by atoms with Crippen LogP contribution in [0.3, 0.4) is 0 Å². The van der Waals surface area contributed by atoms with Crippen LogP contribution < -0.4 is 14.8 Å². The summed E-state index contributed by atoms with van der Waals surface area (Å²) in [5, 5.41) is 5.55. The average molecular weight is 293 g/mol. The molecule has 1 aliphatic rings. The summed E-state index contributed by atoms with van der Waals surface area (Å²) in [5.41, 5.74) is 0.00992. The minimum Gasteiger partial charge on any atom is -0.493 e. The molecule has 0 unspecified atom stereocenters. The molecule has 5 heteroatoms. The first-order chi connectivity index (χ1) is 9.71. The maximum atomic E-state index is 6.03. The minimum atomic E-state index is 0.00992. The molecule has 20 heavy (non-hydrogen) atoms. The molecule has 1 aromatic carbocycles. The normalized spacial score (nSPS) is 15.9. The van der Waals surface area contributed by atoms with Crippen LogP contribution in [0, 0.1) is 0 Å². The number of hydrogen-bond donors (Lipinski definition) is 1. The van der Waals surface area contributed by atoms with Crippen LogP contribution in [0.2, 0.25) is 0 Å². The SMILES string of the molecule is COc1cc2ccnc(NC3(CCl)CC3)c2cc1OC. The summed E-state index contributed by atoms with van der Waals surface area (Å²) >= 11 is 6.03. The molecule has 1 heterocycles. The van der Waals surface area contributed by atoms with Gasteiger partial charge in [-0.25, -0.2) is 4.98 Å².